The fourth-order valence-corrected chi connectivity index (χ4v) is 3.44. The maximum atomic E-state index is 12.3. The average Bonchev–Trinajstić information content (AvgIpc) is 2.34. The zero-order chi connectivity index (χ0) is 15.5. The number of rotatable bonds is 6. The Bertz CT molecular complexity index is 619. The van der Waals surface area contributed by atoms with Gasteiger partial charge in [0.25, 0.3) is 0 Å². The summed E-state index contributed by atoms with van der Waals surface area (Å²) in [5, 5.41) is 11.6. The van der Waals surface area contributed by atoms with Crippen molar-refractivity contribution in [2.75, 3.05) is 27.2 Å². The van der Waals surface area contributed by atoms with Crippen LogP contribution >= 0.6 is 23.2 Å². The van der Waals surface area contributed by atoms with Crippen molar-refractivity contribution >= 4 is 39.2 Å². The number of hydrogen-bond donors (Lipinski definition) is 2. The summed E-state index contributed by atoms with van der Waals surface area (Å²) in [4.78, 5) is 10.7. The first-order valence-corrected chi connectivity index (χ1v) is 7.74. The summed E-state index contributed by atoms with van der Waals surface area (Å²) in [6, 6.07) is 2.09. The maximum Gasteiger partial charge on any atom is 0.337 e. The molecule has 0 aromatic heterocycles. The van der Waals surface area contributed by atoms with Crippen LogP contribution in [0.2, 0.25) is 10.0 Å². The van der Waals surface area contributed by atoms with E-state index in [0.717, 1.165) is 16.4 Å². The van der Waals surface area contributed by atoms with Crippen molar-refractivity contribution in [2.45, 2.75) is 4.90 Å². The second-order valence-corrected chi connectivity index (χ2v) is 6.83. The highest BCUT2D eigenvalue weighted by Gasteiger charge is 2.26. The van der Waals surface area contributed by atoms with Crippen molar-refractivity contribution in [2.24, 2.45) is 0 Å². The molecule has 9 heteroatoms. The molecule has 0 atom stereocenters. The van der Waals surface area contributed by atoms with Gasteiger partial charge in [-0.15, -0.1) is 0 Å². The summed E-state index contributed by atoms with van der Waals surface area (Å²) >= 11 is 11.6. The molecular formula is C11H14Cl2N2O4S. The summed E-state index contributed by atoms with van der Waals surface area (Å²) in [5.74, 6) is -1.32. The standard InChI is InChI=1S/C11H14Cl2N2O4S/c1-14-3-4-15(2)20(18,19)10-5-7(11(16)17)8(12)6-9(10)13/h5-6,14H,3-4H2,1-2H3,(H,16,17). The van der Waals surface area contributed by atoms with Crippen molar-refractivity contribution < 1.29 is 18.3 Å². The Labute approximate surface area is 127 Å². The molecule has 0 unspecified atom stereocenters. The first-order valence-electron chi connectivity index (χ1n) is 5.55. The molecule has 2 N–H and O–H groups in total. The first kappa shape index (κ1) is 17.2. The number of sulfonamides is 1. The molecule has 0 spiro atoms. The van der Waals surface area contributed by atoms with Crippen molar-refractivity contribution in [1.82, 2.24) is 9.62 Å². The SMILES string of the molecule is CNCCN(C)S(=O)(=O)c1cc(C(=O)O)c(Cl)cc1Cl. The predicted octanol–water partition coefficient (Wildman–Crippen LogP) is 1.53. The van der Waals surface area contributed by atoms with E-state index in [9.17, 15) is 13.2 Å². The third-order valence-corrected chi connectivity index (χ3v) is 5.25. The van der Waals surface area contributed by atoms with Crippen molar-refractivity contribution in [3.05, 3.63) is 27.7 Å². The molecule has 0 saturated heterocycles. The van der Waals surface area contributed by atoms with E-state index in [1.807, 2.05) is 0 Å². The summed E-state index contributed by atoms with van der Waals surface area (Å²) in [7, 11) is -0.796. The zero-order valence-electron chi connectivity index (χ0n) is 10.9. The number of carboxylic acids is 1. The summed E-state index contributed by atoms with van der Waals surface area (Å²) in [6.45, 7) is 0.674. The summed E-state index contributed by atoms with van der Waals surface area (Å²) < 4.78 is 25.7. The molecule has 20 heavy (non-hydrogen) atoms. The minimum atomic E-state index is -3.88. The van der Waals surface area contributed by atoms with Gasteiger partial charge < -0.3 is 10.4 Å². The summed E-state index contributed by atoms with van der Waals surface area (Å²) in [6.07, 6.45) is 0. The fraction of sp³-hybridized carbons (Fsp3) is 0.364. The minimum Gasteiger partial charge on any atom is -0.478 e. The number of halogens is 2. The van der Waals surface area contributed by atoms with E-state index >= 15 is 0 Å². The largest absolute Gasteiger partial charge is 0.478 e. The van der Waals surface area contributed by atoms with Gasteiger partial charge >= 0.3 is 5.97 Å². The smallest absolute Gasteiger partial charge is 0.337 e. The van der Waals surface area contributed by atoms with Crippen LogP contribution < -0.4 is 5.32 Å². The Hall–Kier alpha value is -0.860. The van der Waals surface area contributed by atoms with Crippen LogP contribution in [-0.2, 0) is 10.0 Å². The molecule has 0 heterocycles. The normalized spacial score (nSPS) is 11.8. The lowest BCUT2D eigenvalue weighted by Gasteiger charge is -2.18. The van der Waals surface area contributed by atoms with Gasteiger partial charge in [-0.1, -0.05) is 23.2 Å². The Kier molecular flexibility index (Phi) is 5.79. The van der Waals surface area contributed by atoms with Gasteiger partial charge in [-0.2, -0.15) is 4.31 Å². The third kappa shape index (κ3) is 3.62. The van der Waals surface area contributed by atoms with E-state index in [-0.39, 0.29) is 27.0 Å². The van der Waals surface area contributed by atoms with Crippen molar-refractivity contribution in [1.29, 1.82) is 0 Å². The highest BCUT2D eigenvalue weighted by atomic mass is 35.5. The van der Waals surface area contributed by atoms with Crippen LogP contribution in [0.5, 0.6) is 0 Å². The van der Waals surface area contributed by atoms with Gasteiger partial charge in [0.15, 0.2) is 0 Å². The van der Waals surface area contributed by atoms with Gasteiger partial charge in [-0.25, -0.2) is 13.2 Å². The molecule has 1 aromatic rings. The zero-order valence-corrected chi connectivity index (χ0v) is 13.2. The number of carboxylic acid groups (broad SMARTS) is 1. The Morgan fingerprint density at radius 2 is 1.95 bits per heavy atom. The van der Waals surface area contributed by atoms with E-state index in [2.05, 4.69) is 5.32 Å². The van der Waals surface area contributed by atoms with E-state index in [1.54, 1.807) is 7.05 Å². The lowest BCUT2D eigenvalue weighted by molar-refractivity contribution is 0.0697. The highest BCUT2D eigenvalue weighted by molar-refractivity contribution is 7.89. The van der Waals surface area contributed by atoms with E-state index < -0.39 is 16.0 Å². The summed E-state index contributed by atoms with van der Waals surface area (Å²) in [5.41, 5.74) is -0.309. The van der Waals surface area contributed by atoms with Gasteiger partial charge in [0.2, 0.25) is 10.0 Å². The van der Waals surface area contributed by atoms with Gasteiger partial charge in [0.05, 0.1) is 15.6 Å². The molecule has 0 radical (unpaired) electrons. The van der Waals surface area contributed by atoms with E-state index in [0.29, 0.717) is 6.54 Å². The van der Waals surface area contributed by atoms with Gasteiger partial charge in [0.1, 0.15) is 4.90 Å². The molecule has 6 nitrogen and oxygen atoms in total. The lowest BCUT2D eigenvalue weighted by atomic mass is 10.2. The van der Waals surface area contributed by atoms with Crippen LogP contribution in [0, 0.1) is 0 Å². The quantitative estimate of drug-likeness (QED) is 0.820. The maximum absolute atomic E-state index is 12.3. The van der Waals surface area contributed by atoms with Crippen LogP contribution in [0.15, 0.2) is 17.0 Å². The Morgan fingerprint density at radius 3 is 2.45 bits per heavy atom. The number of carbonyl (C=O) groups is 1. The van der Waals surface area contributed by atoms with E-state index in [1.165, 1.54) is 7.05 Å². The predicted molar refractivity (Wildman–Crippen MR) is 77.2 cm³/mol. The molecule has 0 bridgehead atoms. The number of likely N-dealkylation sites (N-methyl/N-ethyl adjacent to an activating group) is 2. The molecule has 0 aliphatic carbocycles. The number of benzene rings is 1. The molecule has 0 saturated carbocycles. The first-order chi connectivity index (χ1) is 9.21. The van der Waals surface area contributed by atoms with Crippen molar-refractivity contribution in [3.63, 3.8) is 0 Å². The molecule has 0 aliphatic heterocycles. The minimum absolute atomic E-state index is 0.112. The highest BCUT2D eigenvalue weighted by Crippen LogP contribution is 2.30. The van der Waals surface area contributed by atoms with Crippen LogP contribution in [0.1, 0.15) is 10.4 Å². The third-order valence-electron chi connectivity index (χ3n) is 2.62. The molecular weight excluding hydrogens is 327 g/mol. The fourth-order valence-electron chi connectivity index (χ4n) is 1.45. The molecule has 1 aromatic carbocycles. The molecule has 1 rings (SSSR count). The number of hydrogen-bond acceptors (Lipinski definition) is 4. The second-order valence-electron chi connectivity index (χ2n) is 4.00. The topological polar surface area (TPSA) is 86.7 Å². The van der Waals surface area contributed by atoms with Gasteiger partial charge in [-0.05, 0) is 19.2 Å². The number of aromatic carboxylic acids is 1. The van der Waals surface area contributed by atoms with Crippen LogP contribution in [0.25, 0.3) is 0 Å². The monoisotopic (exact) mass is 340 g/mol. The molecule has 112 valence electrons. The van der Waals surface area contributed by atoms with Crippen LogP contribution in [-0.4, -0.2) is 51.0 Å². The Morgan fingerprint density at radius 1 is 1.35 bits per heavy atom. The number of nitrogens with one attached hydrogen (secondary N) is 1. The molecule has 0 amide bonds. The second kappa shape index (κ2) is 6.73. The average molecular weight is 341 g/mol. The van der Waals surface area contributed by atoms with Crippen LogP contribution in [0.3, 0.4) is 0 Å². The Balaban J connectivity index is 3.31. The lowest BCUT2D eigenvalue weighted by Crippen LogP contribution is -2.33. The molecule has 0 fully saturated rings. The number of nitrogens with zero attached hydrogens (tertiary/aromatic N) is 1. The van der Waals surface area contributed by atoms with E-state index in [4.69, 9.17) is 28.3 Å². The molecule has 0 aliphatic rings. The van der Waals surface area contributed by atoms with Gasteiger partial charge in [0, 0.05) is 20.1 Å². The van der Waals surface area contributed by atoms with Crippen LogP contribution in [0.4, 0.5) is 0 Å². The van der Waals surface area contributed by atoms with Gasteiger partial charge in [-0.3, -0.25) is 0 Å². The van der Waals surface area contributed by atoms with Crippen molar-refractivity contribution in [3.8, 4) is 0 Å².